The van der Waals surface area contributed by atoms with Crippen molar-refractivity contribution in [2.45, 2.75) is 18.6 Å². The molecule has 0 spiro atoms. The van der Waals surface area contributed by atoms with Crippen LogP contribution in [0.25, 0.3) is 0 Å². The molecule has 1 aromatic carbocycles. The number of morpholine rings is 1. The second-order valence-corrected chi connectivity index (χ2v) is 5.87. The highest BCUT2D eigenvalue weighted by atomic mass is 16.5. The van der Waals surface area contributed by atoms with E-state index in [1.54, 1.807) is 24.3 Å². The summed E-state index contributed by atoms with van der Waals surface area (Å²) in [5.74, 6) is 0.325. The quantitative estimate of drug-likeness (QED) is 0.891. The van der Waals surface area contributed by atoms with Crippen molar-refractivity contribution >= 4 is 5.91 Å². The summed E-state index contributed by atoms with van der Waals surface area (Å²) in [6.45, 7) is 2.93. The lowest BCUT2D eigenvalue weighted by Crippen LogP contribution is -2.61. The van der Waals surface area contributed by atoms with Crippen LogP contribution in [0.5, 0.6) is 11.5 Å². The Morgan fingerprint density at radius 1 is 1.41 bits per heavy atom. The molecule has 2 heterocycles. The molecule has 2 fully saturated rings. The summed E-state index contributed by atoms with van der Waals surface area (Å²) in [7, 11) is 2.06. The fraction of sp³-hybridized carbons (Fsp3) is 0.562. The number of phenolic OH excluding ortho intramolecular Hbond substituents is 1. The van der Waals surface area contributed by atoms with Gasteiger partial charge in [-0.3, -0.25) is 4.79 Å². The van der Waals surface area contributed by atoms with Gasteiger partial charge in [0.05, 0.1) is 18.8 Å². The fourth-order valence-corrected chi connectivity index (χ4v) is 3.14. The molecule has 1 N–H and O–H groups in total. The molecule has 2 saturated heterocycles. The number of para-hydroxylation sites is 2. The first-order valence-electron chi connectivity index (χ1n) is 7.65. The number of phenols is 1. The predicted octanol–water partition coefficient (Wildman–Crippen LogP) is 0.702. The van der Waals surface area contributed by atoms with Crippen LogP contribution in [0.2, 0.25) is 0 Å². The van der Waals surface area contributed by atoms with Crippen LogP contribution in [0.1, 0.15) is 6.42 Å². The summed E-state index contributed by atoms with van der Waals surface area (Å²) < 4.78 is 11.3. The standard InChI is InChI=1S/C16H22N2O4/c1-17-7-6-14-12(10-17)18(8-9-21-14)16(20)11-22-15-5-3-2-4-13(15)19/h2-5,12,14,19H,6-11H2,1H3. The summed E-state index contributed by atoms with van der Waals surface area (Å²) in [4.78, 5) is 16.6. The van der Waals surface area contributed by atoms with Gasteiger partial charge in [0, 0.05) is 19.6 Å². The highest BCUT2D eigenvalue weighted by molar-refractivity contribution is 5.78. The molecule has 2 atom stereocenters. The molecule has 3 rings (SSSR count). The van der Waals surface area contributed by atoms with Crippen molar-refractivity contribution in [1.82, 2.24) is 9.80 Å². The molecule has 1 aromatic rings. The zero-order valence-electron chi connectivity index (χ0n) is 12.8. The van der Waals surface area contributed by atoms with Crippen LogP contribution in [-0.2, 0) is 9.53 Å². The molecule has 22 heavy (non-hydrogen) atoms. The second-order valence-electron chi connectivity index (χ2n) is 5.87. The van der Waals surface area contributed by atoms with Crippen molar-refractivity contribution in [3.8, 4) is 11.5 Å². The molecule has 0 bridgehead atoms. The van der Waals surface area contributed by atoms with Gasteiger partial charge < -0.3 is 24.4 Å². The lowest BCUT2D eigenvalue weighted by atomic mass is 9.99. The lowest BCUT2D eigenvalue weighted by molar-refractivity contribution is -0.153. The number of likely N-dealkylation sites (tertiary alicyclic amines) is 1. The molecule has 120 valence electrons. The minimum absolute atomic E-state index is 0.0487. The van der Waals surface area contributed by atoms with Crippen LogP contribution >= 0.6 is 0 Å². The van der Waals surface area contributed by atoms with Gasteiger partial charge in [0.25, 0.3) is 5.91 Å². The Kier molecular flexibility index (Phi) is 4.49. The van der Waals surface area contributed by atoms with Crippen LogP contribution in [0.15, 0.2) is 24.3 Å². The van der Waals surface area contributed by atoms with Crippen molar-refractivity contribution in [1.29, 1.82) is 0 Å². The molecule has 6 heteroatoms. The third-order valence-electron chi connectivity index (χ3n) is 4.32. The van der Waals surface area contributed by atoms with E-state index in [9.17, 15) is 9.90 Å². The van der Waals surface area contributed by atoms with E-state index in [0.717, 1.165) is 19.5 Å². The van der Waals surface area contributed by atoms with Gasteiger partial charge in [0.1, 0.15) is 0 Å². The average molecular weight is 306 g/mol. The molecule has 0 aliphatic carbocycles. The Balaban J connectivity index is 1.62. The Labute approximate surface area is 130 Å². The van der Waals surface area contributed by atoms with E-state index >= 15 is 0 Å². The maximum Gasteiger partial charge on any atom is 0.260 e. The largest absolute Gasteiger partial charge is 0.504 e. The number of carbonyl (C=O) groups is 1. The highest BCUT2D eigenvalue weighted by Crippen LogP contribution is 2.25. The molecule has 2 aliphatic heterocycles. The van der Waals surface area contributed by atoms with Crippen LogP contribution < -0.4 is 4.74 Å². The van der Waals surface area contributed by atoms with E-state index in [0.29, 0.717) is 18.9 Å². The molecule has 6 nitrogen and oxygen atoms in total. The first-order chi connectivity index (χ1) is 10.6. The molecule has 2 unspecified atom stereocenters. The van der Waals surface area contributed by atoms with Crippen LogP contribution in [-0.4, -0.2) is 72.9 Å². The van der Waals surface area contributed by atoms with Crippen LogP contribution in [0.3, 0.4) is 0 Å². The van der Waals surface area contributed by atoms with Gasteiger partial charge in [0.2, 0.25) is 0 Å². The van der Waals surface area contributed by atoms with Crippen LogP contribution in [0, 0.1) is 0 Å². The van der Waals surface area contributed by atoms with E-state index in [-0.39, 0.29) is 30.4 Å². The van der Waals surface area contributed by atoms with Crippen molar-refractivity contribution in [2.24, 2.45) is 0 Å². The van der Waals surface area contributed by atoms with E-state index in [4.69, 9.17) is 9.47 Å². The average Bonchev–Trinajstić information content (AvgIpc) is 2.53. The van der Waals surface area contributed by atoms with Gasteiger partial charge in [-0.2, -0.15) is 0 Å². The number of benzene rings is 1. The summed E-state index contributed by atoms with van der Waals surface area (Å²) in [5, 5.41) is 9.68. The first kappa shape index (κ1) is 15.1. The first-order valence-corrected chi connectivity index (χ1v) is 7.65. The summed E-state index contributed by atoms with van der Waals surface area (Å²) in [6, 6.07) is 6.77. The Bertz CT molecular complexity index is 537. The van der Waals surface area contributed by atoms with Crippen molar-refractivity contribution in [3.05, 3.63) is 24.3 Å². The number of hydrogen-bond donors (Lipinski definition) is 1. The number of hydrogen-bond acceptors (Lipinski definition) is 5. The SMILES string of the molecule is CN1CCC2OCCN(C(=O)COc3ccccc3O)C2C1. The van der Waals surface area contributed by atoms with Crippen LogP contribution in [0.4, 0.5) is 0 Å². The lowest BCUT2D eigenvalue weighted by Gasteiger charge is -2.46. The zero-order valence-corrected chi connectivity index (χ0v) is 12.8. The third kappa shape index (κ3) is 3.18. The van der Waals surface area contributed by atoms with E-state index in [1.807, 2.05) is 4.90 Å². The fourth-order valence-electron chi connectivity index (χ4n) is 3.14. The molecule has 0 radical (unpaired) electrons. The summed E-state index contributed by atoms with van der Waals surface area (Å²) in [6.07, 6.45) is 1.07. The number of piperidine rings is 1. The Morgan fingerprint density at radius 2 is 2.23 bits per heavy atom. The predicted molar refractivity (Wildman–Crippen MR) is 81.0 cm³/mol. The van der Waals surface area contributed by atoms with E-state index in [2.05, 4.69) is 11.9 Å². The Morgan fingerprint density at radius 3 is 3.05 bits per heavy atom. The van der Waals surface area contributed by atoms with Crippen molar-refractivity contribution < 1.29 is 19.4 Å². The summed E-state index contributed by atoms with van der Waals surface area (Å²) >= 11 is 0. The molecule has 0 saturated carbocycles. The number of carbonyl (C=O) groups excluding carboxylic acids is 1. The Hall–Kier alpha value is -1.79. The molecule has 0 aromatic heterocycles. The topological polar surface area (TPSA) is 62.2 Å². The van der Waals surface area contributed by atoms with Gasteiger partial charge in [-0.1, -0.05) is 12.1 Å². The number of ether oxygens (including phenoxy) is 2. The molecular weight excluding hydrogens is 284 g/mol. The smallest absolute Gasteiger partial charge is 0.260 e. The number of fused-ring (bicyclic) bond motifs is 1. The molecular formula is C16H22N2O4. The molecule has 1 amide bonds. The number of likely N-dealkylation sites (N-methyl/N-ethyl adjacent to an activating group) is 1. The monoisotopic (exact) mass is 306 g/mol. The number of nitrogens with zero attached hydrogens (tertiary/aromatic N) is 2. The highest BCUT2D eigenvalue weighted by Gasteiger charge is 2.38. The maximum atomic E-state index is 12.5. The minimum Gasteiger partial charge on any atom is -0.504 e. The normalized spacial score (nSPS) is 25.6. The van der Waals surface area contributed by atoms with Crippen molar-refractivity contribution in [2.75, 3.05) is 39.9 Å². The van der Waals surface area contributed by atoms with Gasteiger partial charge in [0.15, 0.2) is 18.1 Å². The van der Waals surface area contributed by atoms with Gasteiger partial charge in [-0.15, -0.1) is 0 Å². The van der Waals surface area contributed by atoms with E-state index < -0.39 is 0 Å². The van der Waals surface area contributed by atoms with Gasteiger partial charge in [-0.25, -0.2) is 0 Å². The number of rotatable bonds is 3. The minimum atomic E-state index is -0.0650. The summed E-state index contributed by atoms with van der Waals surface area (Å²) in [5.41, 5.74) is 0. The second kappa shape index (κ2) is 6.54. The van der Waals surface area contributed by atoms with Gasteiger partial charge in [-0.05, 0) is 25.6 Å². The maximum absolute atomic E-state index is 12.5. The van der Waals surface area contributed by atoms with E-state index in [1.165, 1.54) is 0 Å². The molecule has 2 aliphatic rings. The number of aromatic hydroxyl groups is 1. The van der Waals surface area contributed by atoms with Gasteiger partial charge >= 0.3 is 0 Å². The third-order valence-corrected chi connectivity index (χ3v) is 4.32. The van der Waals surface area contributed by atoms with Crippen molar-refractivity contribution in [3.63, 3.8) is 0 Å². The number of amides is 1. The zero-order chi connectivity index (χ0) is 15.5.